The number of carbonyl (C=O) groups is 1. The topological polar surface area (TPSA) is 41.6 Å². The minimum absolute atomic E-state index is 0.0871. The fraction of sp³-hybridized carbons (Fsp3) is 0.320. The number of amides is 1. The van der Waals surface area contributed by atoms with Crippen LogP contribution in [0.25, 0.3) is 10.8 Å². The summed E-state index contributed by atoms with van der Waals surface area (Å²) in [6.45, 7) is 4.24. The minimum atomic E-state index is 0.0871. The van der Waals surface area contributed by atoms with Gasteiger partial charge in [-0.1, -0.05) is 54.6 Å². The van der Waals surface area contributed by atoms with Gasteiger partial charge < -0.3 is 15.0 Å². The van der Waals surface area contributed by atoms with E-state index in [4.69, 9.17) is 4.74 Å². The number of hydrogen-bond donors (Lipinski definition) is 1. The van der Waals surface area contributed by atoms with Crippen LogP contribution >= 0.6 is 0 Å². The highest BCUT2D eigenvalue weighted by molar-refractivity contribution is 5.90. The fourth-order valence-corrected chi connectivity index (χ4v) is 3.90. The lowest BCUT2D eigenvalue weighted by atomic mass is 10.0. The third-order valence-corrected chi connectivity index (χ3v) is 5.51. The van der Waals surface area contributed by atoms with Crippen LogP contribution in [0.5, 0.6) is 0 Å². The minimum Gasteiger partial charge on any atom is -0.378 e. The van der Waals surface area contributed by atoms with E-state index >= 15 is 0 Å². The van der Waals surface area contributed by atoms with Crippen LogP contribution in [0.15, 0.2) is 66.7 Å². The van der Waals surface area contributed by atoms with Crippen molar-refractivity contribution in [2.45, 2.75) is 19.3 Å². The second-order valence-corrected chi connectivity index (χ2v) is 7.53. The Labute approximate surface area is 172 Å². The van der Waals surface area contributed by atoms with Gasteiger partial charge in [0.15, 0.2) is 0 Å². The number of rotatable bonds is 7. The number of benzene rings is 3. The molecule has 4 nitrogen and oxygen atoms in total. The number of nitrogens with one attached hydrogen (secondary N) is 1. The Kier molecular flexibility index (Phi) is 6.42. The highest BCUT2D eigenvalue weighted by Crippen LogP contribution is 2.19. The number of anilines is 1. The number of hydrogen-bond acceptors (Lipinski definition) is 3. The second kappa shape index (κ2) is 9.57. The first kappa shape index (κ1) is 19.5. The predicted octanol–water partition coefficient (Wildman–Crippen LogP) is 3.97. The van der Waals surface area contributed by atoms with Gasteiger partial charge in [0.05, 0.1) is 19.6 Å². The Hall–Kier alpha value is -2.85. The van der Waals surface area contributed by atoms with E-state index in [9.17, 15) is 4.79 Å². The van der Waals surface area contributed by atoms with Crippen molar-refractivity contribution in [3.05, 3.63) is 77.9 Å². The molecule has 3 aromatic carbocycles. The number of aryl methyl sites for hydroxylation is 1. The van der Waals surface area contributed by atoms with E-state index in [1.807, 2.05) is 24.3 Å². The maximum Gasteiger partial charge on any atom is 0.224 e. The van der Waals surface area contributed by atoms with E-state index in [-0.39, 0.29) is 5.91 Å². The summed E-state index contributed by atoms with van der Waals surface area (Å²) in [6, 6.07) is 23.1. The van der Waals surface area contributed by atoms with Crippen LogP contribution in [0.4, 0.5) is 5.69 Å². The number of morpholine rings is 1. The van der Waals surface area contributed by atoms with Crippen molar-refractivity contribution in [3.8, 4) is 0 Å². The third kappa shape index (κ3) is 5.15. The summed E-state index contributed by atoms with van der Waals surface area (Å²) in [5.74, 6) is 0.0871. The molecule has 1 amide bonds. The summed E-state index contributed by atoms with van der Waals surface area (Å²) in [5, 5.41) is 5.41. The van der Waals surface area contributed by atoms with Crippen molar-refractivity contribution in [1.29, 1.82) is 0 Å². The molecule has 0 radical (unpaired) electrons. The lowest BCUT2D eigenvalue weighted by Gasteiger charge is -2.28. The maximum atomic E-state index is 12.4. The molecule has 0 aliphatic carbocycles. The van der Waals surface area contributed by atoms with E-state index in [0.717, 1.165) is 50.1 Å². The van der Waals surface area contributed by atoms with E-state index in [1.54, 1.807) is 0 Å². The molecular formula is C25H28N2O2. The van der Waals surface area contributed by atoms with E-state index in [0.29, 0.717) is 13.0 Å². The van der Waals surface area contributed by atoms with Gasteiger partial charge in [-0.3, -0.25) is 4.79 Å². The van der Waals surface area contributed by atoms with Gasteiger partial charge in [0.25, 0.3) is 0 Å². The summed E-state index contributed by atoms with van der Waals surface area (Å²) < 4.78 is 5.41. The summed E-state index contributed by atoms with van der Waals surface area (Å²) in [5.41, 5.74) is 3.66. The standard InChI is InChI=1S/C25H28N2O2/c28-25(19-22-8-3-7-21-6-1-2-9-24(21)22)26-14-4-5-20-10-12-23(13-11-20)27-15-17-29-18-16-27/h1-3,6-13H,4-5,14-19H2,(H,26,28). The molecule has 1 saturated heterocycles. The van der Waals surface area contributed by atoms with Gasteiger partial charge in [-0.05, 0) is 46.9 Å². The van der Waals surface area contributed by atoms with Crippen LogP contribution in [0.3, 0.4) is 0 Å². The van der Waals surface area contributed by atoms with Crippen LogP contribution in [-0.2, 0) is 22.4 Å². The van der Waals surface area contributed by atoms with E-state index < -0.39 is 0 Å². The molecule has 29 heavy (non-hydrogen) atoms. The van der Waals surface area contributed by atoms with Crippen molar-refractivity contribution >= 4 is 22.4 Å². The summed E-state index contributed by atoms with van der Waals surface area (Å²) in [6.07, 6.45) is 2.34. The Bertz CT molecular complexity index is 941. The number of carbonyl (C=O) groups excluding carboxylic acids is 1. The summed E-state index contributed by atoms with van der Waals surface area (Å²) in [4.78, 5) is 14.7. The van der Waals surface area contributed by atoms with Crippen LogP contribution in [0.2, 0.25) is 0 Å². The molecule has 3 aromatic rings. The normalized spacial score (nSPS) is 14.1. The largest absolute Gasteiger partial charge is 0.378 e. The number of fused-ring (bicyclic) bond motifs is 1. The quantitative estimate of drug-likeness (QED) is 0.623. The Balaban J connectivity index is 1.22. The number of nitrogens with zero attached hydrogens (tertiary/aromatic N) is 1. The summed E-state index contributed by atoms with van der Waals surface area (Å²) >= 11 is 0. The maximum absolute atomic E-state index is 12.4. The zero-order valence-corrected chi connectivity index (χ0v) is 16.8. The smallest absolute Gasteiger partial charge is 0.224 e. The van der Waals surface area contributed by atoms with Crippen molar-refractivity contribution in [2.24, 2.45) is 0 Å². The van der Waals surface area contributed by atoms with Crippen molar-refractivity contribution in [1.82, 2.24) is 5.32 Å². The number of ether oxygens (including phenoxy) is 1. The van der Waals surface area contributed by atoms with Gasteiger partial charge >= 0.3 is 0 Å². The Morgan fingerprint density at radius 3 is 2.52 bits per heavy atom. The molecular weight excluding hydrogens is 360 g/mol. The molecule has 0 spiro atoms. The van der Waals surface area contributed by atoms with Gasteiger partial charge in [0, 0.05) is 25.3 Å². The predicted molar refractivity (Wildman–Crippen MR) is 118 cm³/mol. The van der Waals surface area contributed by atoms with Gasteiger partial charge in [0.2, 0.25) is 5.91 Å². The third-order valence-electron chi connectivity index (χ3n) is 5.51. The van der Waals surface area contributed by atoms with Gasteiger partial charge in [-0.25, -0.2) is 0 Å². The second-order valence-electron chi connectivity index (χ2n) is 7.53. The van der Waals surface area contributed by atoms with Gasteiger partial charge in [0.1, 0.15) is 0 Å². The van der Waals surface area contributed by atoms with Crippen LogP contribution in [0, 0.1) is 0 Å². The first-order valence-electron chi connectivity index (χ1n) is 10.4. The first-order valence-corrected chi connectivity index (χ1v) is 10.4. The molecule has 0 aromatic heterocycles. The molecule has 1 aliphatic rings. The molecule has 4 heteroatoms. The molecule has 1 N–H and O–H groups in total. The molecule has 0 unspecified atom stereocenters. The fourth-order valence-electron chi connectivity index (χ4n) is 3.90. The molecule has 4 rings (SSSR count). The molecule has 0 atom stereocenters. The van der Waals surface area contributed by atoms with Crippen molar-refractivity contribution in [3.63, 3.8) is 0 Å². The van der Waals surface area contributed by atoms with Crippen molar-refractivity contribution < 1.29 is 9.53 Å². The first-order chi connectivity index (χ1) is 14.3. The monoisotopic (exact) mass is 388 g/mol. The molecule has 1 fully saturated rings. The zero-order chi connectivity index (χ0) is 19.9. The molecule has 0 bridgehead atoms. The van der Waals surface area contributed by atoms with Gasteiger partial charge in [-0.15, -0.1) is 0 Å². The summed E-state index contributed by atoms with van der Waals surface area (Å²) in [7, 11) is 0. The van der Waals surface area contributed by atoms with Gasteiger partial charge in [-0.2, -0.15) is 0 Å². The average Bonchev–Trinajstić information content (AvgIpc) is 2.78. The lowest BCUT2D eigenvalue weighted by Crippen LogP contribution is -2.36. The molecule has 150 valence electrons. The lowest BCUT2D eigenvalue weighted by molar-refractivity contribution is -0.120. The van der Waals surface area contributed by atoms with Crippen molar-refractivity contribution in [2.75, 3.05) is 37.7 Å². The zero-order valence-electron chi connectivity index (χ0n) is 16.8. The van der Waals surface area contributed by atoms with Crippen LogP contribution in [0.1, 0.15) is 17.5 Å². The van der Waals surface area contributed by atoms with E-state index in [1.165, 1.54) is 16.6 Å². The highest BCUT2D eigenvalue weighted by atomic mass is 16.5. The highest BCUT2D eigenvalue weighted by Gasteiger charge is 2.11. The molecule has 0 saturated carbocycles. The Morgan fingerprint density at radius 2 is 1.69 bits per heavy atom. The molecule has 1 heterocycles. The SMILES string of the molecule is O=C(Cc1cccc2ccccc12)NCCCc1ccc(N2CCOCC2)cc1. The average molecular weight is 389 g/mol. The van der Waals surface area contributed by atoms with E-state index in [2.05, 4.69) is 52.7 Å². The van der Waals surface area contributed by atoms with Crippen LogP contribution < -0.4 is 10.2 Å². The van der Waals surface area contributed by atoms with Crippen LogP contribution in [-0.4, -0.2) is 38.8 Å². The Morgan fingerprint density at radius 1 is 0.931 bits per heavy atom. The molecule has 1 aliphatic heterocycles.